The Morgan fingerprint density at radius 1 is 1.28 bits per heavy atom. The van der Waals surface area contributed by atoms with Crippen molar-refractivity contribution in [2.75, 3.05) is 13.1 Å². The van der Waals surface area contributed by atoms with E-state index in [4.69, 9.17) is 0 Å². The average molecular weight is 343 g/mol. The molecule has 1 N–H and O–H groups in total. The molecule has 0 spiro atoms. The number of hydrogen-bond donors (Lipinski definition) is 1. The lowest BCUT2D eigenvalue weighted by atomic mass is 9.99. The predicted octanol–water partition coefficient (Wildman–Crippen LogP) is 2.33. The molecule has 25 heavy (non-hydrogen) atoms. The second-order valence-corrected chi connectivity index (χ2v) is 6.86. The van der Waals surface area contributed by atoms with E-state index in [1.54, 1.807) is 12.7 Å². The van der Waals surface area contributed by atoms with Gasteiger partial charge >= 0.3 is 0 Å². The van der Waals surface area contributed by atoms with Crippen LogP contribution in [0, 0.1) is 13.8 Å². The number of hydrogen-bond acceptors (Lipinski definition) is 5. The van der Waals surface area contributed by atoms with Gasteiger partial charge in [-0.15, -0.1) is 0 Å². The lowest BCUT2D eigenvalue weighted by Gasteiger charge is -2.35. The number of nitrogens with zero attached hydrogens (tertiary/aromatic N) is 4. The molecule has 3 heterocycles. The van der Waals surface area contributed by atoms with Crippen molar-refractivity contribution in [3.8, 4) is 0 Å². The van der Waals surface area contributed by atoms with Crippen LogP contribution < -0.4 is 0 Å². The van der Waals surface area contributed by atoms with Gasteiger partial charge in [0.1, 0.15) is 12.7 Å². The zero-order chi connectivity index (χ0) is 18.1. The van der Waals surface area contributed by atoms with Gasteiger partial charge in [0.15, 0.2) is 11.6 Å². The van der Waals surface area contributed by atoms with E-state index in [2.05, 4.69) is 20.0 Å². The molecule has 0 aliphatic carbocycles. The van der Waals surface area contributed by atoms with Gasteiger partial charge in [-0.05, 0) is 46.1 Å². The van der Waals surface area contributed by atoms with Crippen LogP contribution in [0.4, 0.5) is 0 Å². The summed E-state index contributed by atoms with van der Waals surface area (Å²) in [5, 5.41) is 4.22. The first-order valence-electron chi connectivity index (χ1n) is 8.72. The number of carbonyl (C=O) groups is 2. The van der Waals surface area contributed by atoms with Gasteiger partial charge in [0.05, 0.1) is 17.8 Å². The lowest BCUT2D eigenvalue weighted by molar-refractivity contribution is 0.0765. The first kappa shape index (κ1) is 17.5. The zero-order valence-electron chi connectivity index (χ0n) is 15.2. The Morgan fingerprint density at radius 3 is 2.48 bits per heavy atom. The number of carbonyl (C=O) groups excluding carboxylic acids is 2. The van der Waals surface area contributed by atoms with Crippen LogP contribution in [0.25, 0.3) is 0 Å². The fourth-order valence-electron chi connectivity index (χ4n) is 3.84. The minimum Gasteiger partial charge on any atom is -0.355 e. The van der Waals surface area contributed by atoms with E-state index in [0.717, 1.165) is 37.2 Å². The summed E-state index contributed by atoms with van der Waals surface area (Å²) in [6.07, 6.45) is 5.20. The number of H-pyrrole nitrogens is 1. The number of Topliss-reactive ketones (excluding diaryl/α,β-unsaturated/α-hetero) is 2. The maximum Gasteiger partial charge on any atom is 0.196 e. The van der Waals surface area contributed by atoms with Gasteiger partial charge in [-0.3, -0.25) is 14.5 Å². The Bertz CT molecular complexity index is 770. The van der Waals surface area contributed by atoms with E-state index in [1.807, 2.05) is 25.5 Å². The van der Waals surface area contributed by atoms with Crippen molar-refractivity contribution in [1.29, 1.82) is 0 Å². The zero-order valence-corrected chi connectivity index (χ0v) is 15.2. The molecule has 0 amide bonds. The summed E-state index contributed by atoms with van der Waals surface area (Å²) in [6, 6.07) is 0.132. The van der Waals surface area contributed by atoms with Crippen molar-refractivity contribution in [3.63, 3.8) is 0 Å². The molecule has 0 aromatic carbocycles. The number of ketones is 2. The van der Waals surface area contributed by atoms with Crippen molar-refractivity contribution < 1.29 is 9.59 Å². The topological polar surface area (TPSA) is 83.9 Å². The smallest absolute Gasteiger partial charge is 0.196 e. The second-order valence-electron chi connectivity index (χ2n) is 6.86. The third kappa shape index (κ3) is 3.28. The second kappa shape index (κ2) is 6.92. The third-order valence-electron chi connectivity index (χ3n) is 5.27. The highest BCUT2D eigenvalue weighted by Crippen LogP contribution is 2.25. The summed E-state index contributed by atoms with van der Waals surface area (Å²) in [7, 11) is 0. The summed E-state index contributed by atoms with van der Waals surface area (Å²) in [4.78, 5) is 34.1. The maximum atomic E-state index is 13.0. The maximum absolute atomic E-state index is 13.0. The molecule has 3 rings (SSSR count). The van der Waals surface area contributed by atoms with Crippen LogP contribution in [0.3, 0.4) is 0 Å². The number of piperidine rings is 1. The van der Waals surface area contributed by atoms with Gasteiger partial charge in [-0.2, -0.15) is 5.10 Å². The number of aromatic amines is 1. The van der Waals surface area contributed by atoms with Gasteiger partial charge in [0.2, 0.25) is 0 Å². The first-order chi connectivity index (χ1) is 11.9. The van der Waals surface area contributed by atoms with Gasteiger partial charge in [-0.1, -0.05) is 0 Å². The molecule has 7 heteroatoms. The number of rotatable bonds is 5. The van der Waals surface area contributed by atoms with E-state index in [1.165, 1.54) is 6.92 Å². The Morgan fingerprint density at radius 2 is 1.96 bits per heavy atom. The van der Waals surface area contributed by atoms with Gasteiger partial charge in [0.25, 0.3) is 0 Å². The van der Waals surface area contributed by atoms with E-state index >= 15 is 0 Å². The Balaban J connectivity index is 1.70. The summed E-state index contributed by atoms with van der Waals surface area (Å²) < 4.78 is 1.90. The molecule has 1 saturated heterocycles. The minimum absolute atomic E-state index is 0.00778. The van der Waals surface area contributed by atoms with Crippen molar-refractivity contribution >= 4 is 11.6 Å². The molecule has 1 atom stereocenters. The van der Waals surface area contributed by atoms with Crippen molar-refractivity contribution in [2.24, 2.45) is 0 Å². The van der Waals surface area contributed by atoms with Crippen LogP contribution in [0.1, 0.15) is 64.8 Å². The Kier molecular flexibility index (Phi) is 4.85. The molecule has 7 nitrogen and oxygen atoms in total. The normalized spacial score (nSPS) is 17.6. The summed E-state index contributed by atoms with van der Waals surface area (Å²) in [5.74, 6) is 0.0407. The van der Waals surface area contributed by atoms with E-state index < -0.39 is 0 Å². The SMILES string of the molecule is CC(=O)c1c(C)[nH]c(C(=O)[C@@H](C)N2CCC(n3cncn3)CC2)c1C. The Hall–Kier alpha value is -2.28. The molecular formula is C18H25N5O2. The van der Waals surface area contributed by atoms with E-state index in [9.17, 15) is 9.59 Å². The largest absolute Gasteiger partial charge is 0.355 e. The van der Waals surface area contributed by atoms with Crippen molar-refractivity contribution in [1.82, 2.24) is 24.6 Å². The van der Waals surface area contributed by atoms with Crippen LogP contribution in [0.5, 0.6) is 0 Å². The average Bonchev–Trinajstić information content (AvgIpc) is 3.22. The van der Waals surface area contributed by atoms with Crippen LogP contribution in [-0.4, -0.2) is 55.3 Å². The molecule has 0 bridgehead atoms. The van der Waals surface area contributed by atoms with Crippen LogP contribution in [0.2, 0.25) is 0 Å². The molecule has 1 aliphatic heterocycles. The summed E-state index contributed by atoms with van der Waals surface area (Å²) in [5.41, 5.74) is 2.74. The molecule has 1 fully saturated rings. The molecule has 2 aromatic heterocycles. The van der Waals surface area contributed by atoms with Crippen molar-refractivity contribution in [3.05, 3.63) is 35.2 Å². The minimum atomic E-state index is -0.215. The van der Waals surface area contributed by atoms with Crippen LogP contribution >= 0.6 is 0 Å². The quantitative estimate of drug-likeness (QED) is 0.843. The third-order valence-corrected chi connectivity index (χ3v) is 5.27. The number of aromatic nitrogens is 4. The summed E-state index contributed by atoms with van der Waals surface area (Å²) in [6.45, 7) is 8.86. The number of aryl methyl sites for hydroxylation is 1. The number of nitrogens with one attached hydrogen (secondary N) is 1. The highest BCUT2D eigenvalue weighted by atomic mass is 16.1. The molecular weight excluding hydrogens is 318 g/mol. The van der Waals surface area contributed by atoms with Crippen LogP contribution in [0.15, 0.2) is 12.7 Å². The fraction of sp³-hybridized carbons (Fsp3) is 0.556. The monoisotopic (exact) mass is 343 g/mol. The van der Waals surface area contributed by atoms with E-state index in [-0.39, 0.29) is 17.6 Å². The molecule has 0 unspecified atom stereocenters. The van der Waals surface area contributed by atoms with Crippen molar-refractivity contribution in [2.45, 2.75) is 52.6 Å². The molecule has 1 aliphatic rings. The van der Waals surface area contributed by atoms with Gasteiger partial charge in [-0.25, -0.2) is 9.67 Å². The standard InChI is InChI=1S/C18H25N5O2/c1-11-16(14(4)24)12(2)21-17(11)18(25)13(3)22-7-5-15(6-8-22)23-10-19-9-20-23/h9-10,13,15,21H,5-8H2,1-4H3/t13-/m1/s1. The molecule has 2 aromatic rings. The predicted molar refractivity (Wildman–Crippen MR) is 93.9 cm³/mol. The van der Waals surface area contributed by atoms with E-state index in [0.29, 0.717) is 17.3 Å². The number of likely N-dealkylation sites (tertiary alicyclic amines) is 1. The summed E-state index contributed by atoms with van der Waals surface area (Å²) >= 11 is 0. The van der Waals surface area contributed by atoms with Crippen LogP contribution in [-0.2, 0) is 0 Å². The highest BCUT2D eigenvalue weighted by Gasteiger charge is 2.30. The fourth-order valence-corrected chi connectivity index (χ4v) is 3.84. The lowest BCUT2D eigenvalue weighted by Crippen LogP contribution is -2.44. The molecule has 0 radical (unpaired) electrons. The molecule has 0 saturated carbocycles. The van der Waals surface area contributed by atoms with Gasteiger partial charge in [0, 0.05) is 24.3 Å². The van der Waals surface area contributed by atoms with Gasteiger partial charge < -0.3 is 4.98 Å². The first-order valence-corrected chi connectivity index (χ1v) is 8.72. The Labute approximate surface area is 147 Å². The highest BCUT2D eigenvalue weighted by molar-refractivity contribution is 6.05. The molecule has 134 valence electrons.